The van der Waals surface area contributed by atoms with Crippen molar-refractivity contribution < 1.29 is 19.1 Å². The zero-order valence-electron chi connectivity index (χ0n) is 14.1. The van der Waals surface area contributed by atoms with E-state index in [0.29, 0.717) is 11.3 Å². The van der Waals surface area contributed by atoms with E-state index < -0.39 is 0 Å². The van der Waals surface area contributed by atoms with Gasteiger partial charge in [0.05, 0.1) is 5.56 Å². The van der Waals surface area contributed by atoms with Crippen LogP contribution in [0.2, 0.25) is 0 Å². The van der Waals surface area contributed by atoms with Crippen LogP contribution in [0.25, 0.3) is 0 Å². The summed E-state index contributed by atoms with van der Waals surface area (Å²) in [5.74, 6) is -0.683. The molecule has 130 valence electrons. The van der Waals surface area contributed by atoms with Crippen molar-refractivity contribution in [2.75, 3.05) is 5.32 Å². The Balaban J connectivity index is 1.83. The summed E-state index contributed by atoms with van der Waals surface area (Å²) in [5.41, 5.74) is 1.08. The van der Waals surface area contributed by atoms with Gasteiger partial charge < -0.3 is 15.4 Å². The number of benzene rings is 1. The molecule has 2 amide bonds. The van der Waals surface area contributed by atoms with Crippen molar-refractivity contribution in [3.8, 4) is 0 Å². The average molecular weight is 332 g/mol. The lowest BCUT2D eigenvalue weighted by Crippen LogP contribution is -2.33. The van der Waals surface area contributed by atoms with Crippen LogP contribution in [0.3, 0.4) is 0 Å². The molecule has 0 aliphatic heterocycles. The Morgan fingerprint density at radius 1 is 1.17 bits per heavy atom. The van der Waals surface area contributed by atoms with E-state index in [4.69, 9.17) is 4.74 Å². The van der Waals surface area contributed by atoms with Gasteiger partial charge >= 0.3 is 5.97 Å². The largest absolute Gasteiger partial charge is 0.459 e. The van der Waals surface area contributed by atoms with E-state index in [-0.39, 0.29) is 36.4 Å². The first kappa shape index (κ1) is 18.0. The van der Waals surface area contributed by atoms with Crippen LogP contribution in [0.1, 0.15) is 56.3 Å². The Kier molecular flexibility index (Phi) is 6.35. The lowest BCUT2D eigenvalue weighted by molar-refractivity contribution is -0.120. The van der Waals surface area contributed by atoms with Crippen LogP contribution in [-0.2, 0) is 14.3 Å². The molecule has 0 aromatic heterocycles. The highest BCUT2D eigenvalue weighted by atomic mass is 16.5. The van der Waals surface area contributed by atoms with E-state index in [1.807, 2.05) is 0 Å². The summed E-state index contributed by atoms with van der Waals surface area (Å²) in [4.78, 5) is 34.9. The van der Waals surface area contributed by atoms with Crippen LogP contribution in [0.5, 0.6) is 0 Å². The molecule has 1 atom stereocenters. The van der Waals surface area contributed by atoms with Crippen molar-refractivity contribution in [2.45, 2.75) is 58.1 Å². The van der Waals surface area contributed by atoms with Gasteiger partial charge in [-0.05, 0) is 56.9 Å². The molecule has 2 rings (SSSR count). The third-order valence-electron chi connectivity index (χ3n) is 3.92. The molecular weight excluding hydrogens is 308 g/mol. The second-order valence-corrected chi connectivity index (χ2v) is 6.24. The van der Waals surface area contributed by atoms with Crippen LogP contribution in [0.15, 0.2) is 24.3 Å². The maximum atomic E-state index is 12.0. The predicted octanol–water partition coefficient (Wildman–Crippen LogP) is 2.64. The summed E-state index contributed by atoms with van der Waals surface area (Å²) in [7, 11) is 0. The minimum atomic E-state index is -0.320. The summed E-state index contributed by atoms with van der Waals surface area (Å²) in [6.07, 6.45) is 4.32. The van der Waals surface area contributed by atoms with Gasteiger partial charge in [0, 0.05) is 25.1 Å². The Hall–Kier alpha value is -2.37. The van der Waals surface area contributed by atoms with Crippen LogP contribution in [-0.4, -0.2) is 29.9 Å². The first-order valence-corrected chi connectivity index (χ1v) is 8.32. The van der Waals surface area contributed by atoms with Gasteiger partial charge in [-0.3, -0.25) is 9.59 Å². The number of hydrogen-bond acceptors (Lipinski definition) is 4. The van der Waals surface area contributed by atoms with Crippen LogP contribution < -0.4 is 10.6 Å². The average Bonchev–Trinajstić information content (AvgIpc) is 2.99. The third-order valence-corrected chi connectivity index (χ3v) is 3.92. The topological polar surface area (TPSA) is 84.5 Å². The van der Waals surface area contributed by atoms with Gasteiger partial charge in [-0.15, -0.1) is 0 Å². The van der Waals surface area contributed by atoms with Gasteiger partial charge in [0.2, 0.25) is 11.8 Å². The summed E-state index contributed by atoms with van der Waals surface area (Å²) in [6.45, 7) is 3.18. The molecule has 0 spiro atoms. The van der Waals surface area contributed by atoms with Crippen LogP contribution >= 0.6 is 0 Å². The number of hydrogen-bond donors (Lipinski definition) is 2. The molecule has 1 aliphatic rings. The molecule has 1 aromatic carbocycles. The zero-order chi connectivity index (χ0) is 17.5. The molecule has 0 saturated heterocycles. The Morgan fingerprint density at radius 3 is 2.38 bits per heavy atom. The number of carbonyl (C=O) groups is 3. The number of esters is 1. The number of anilines is 1. The summed E-state index contributed by atoms with van der Waals surface area (Å²) < 4.78 is 5.44. The smallest absolute Gasteiger partial charge is 0.338 e. The van der Waals surface area contributed by atoms with Crippen molar-refractivity contribution >= 4 is 23.5 Å². The highest BCUT2D eigenvalue weighted by Crippen LogP contribution is 2.22. The van der Waals surface area contributed by atoms with Crippen molar-refractivity contribution in [1.29, 1.82) is 0 Å². The monoisotopic (exact) mass is 332 g/mol. The Morgan fingerprint density at radius 2 is 1.79 bits per heavy atom. The van der Waals surface area contributed by atoms with E-state index in [1.165, 1.54) is 6.92 Å². The maximum Gasteiger partial charge on any atom is 0.338 e. The molecule has 6 heteroatoms. The van der Waals surface area contributed by atoms with Gasteiger partial charge in [0.1, 0.15) is 6.10 Å². The molecular formula is C18H24N2O4. The molecule has 24 heavy (non-hydrogen) atoms. The highest BCUT2D eigenvalue weighted by Gasteiger charge is 2.20. The Bertz CT molecular complexity index is 592. The molecule has 6 nitrogen and oxygen atoms in total. The summed E-state index contributed by atoms with van der Waals surface area (Å²) in [5, 5.41) is 5.40. The van der Waals surface area contributed by atoms with Crippen LogP contribution in [0, 0.1) is 0 Å². The number of ether oxygens (including phenoxy) is 1. The SMILES string of the molecule is CC(=O)N[C@H](C)CC(=O)Nc1ccc(C(=O)OC2CCCC2)cc1. The fourth-order valence-electron chi connectivity index (χ4n) is 2.80. The van der Waals surface area contributed by atoms with E-state index in [0.717, 1.165) is 25.7 Å². The van der Waals surface area contributed by atoms with Crippen LogP contribution in [0.4, 0.5) is 5.69 Å². The molecule has 0 radical (unpaired) electrons. The second kappa shape index (κ2) is 8.47. The molecule has 1 aliphatic carbocycles. The number of nitrogens with one attached hydrogen (secondary N) is 2. The first-order chi connectivity index (χ1) is 11.4. The summed E-state index contributed by atoms with van der Waals surface area (Å²) >= 11 is 0. The maximum absolute atomic E-state index is 12.0. The molecule has 0 heterocycles. The zero-order valence-corrected chi connectivity index (χ0v) is 14.1. The van der Waals surface area contributed by atoms with E-state index >= 15 is 0 Å². The number of rotatable bonds is 6. The van der Waals surface area contributed by atoms with E-state index in [1.54, 1.807) is 31.2 Å². The summed E-state index contributed by atoms with van der Waals surface area (Å²) in [6, 6.07) is 6.40. The number of amides is 2. The molecule has 0 unspecified atom stereocenters. The standard InChI is InChI=1S/C18H24N2O4/c1-12(19-13(2)21)11-17(22)20-15-9-7-14(8-10-15)18(23)24-16-5-3-4-6-16/h7-10,12,16H,3-6,11H2,1-2H3,(H,19,21)(H,20,22)/t12-/m1/s1. The van der Waals surface area contributed by atoms with Gasteiger partial charge in [-0.1, -0.05) is 0 Å². The van der Waals surface area contributed by atoms with Gasteiger partial charge in [0.25, 0.3) is 0 Å². The van der Waals surface area contributed by atoms with Gasteiger partial charge in [0.15, 0.2) is 0 Å². The minimum Gasteiger partial charge on any atom is -0.459 e. The Labute approximate surface area is 142 Å². The van der Waals surface area contributed by atoms with Crippen molar-refractivity contribution in [3.05, 3.63) is 29.8 Å². The molecule has 2 N–H and O–H groups in total. The third kappa shape index (κ3) is 5.68. The van der Waals surface area contributed by atoms with Crippen molar-refractivity contribution in [2.24, 2.45) is 0 Å². The van der Waals surface area contributed by atoms with Gasteiger partial charge in [-0.25, -0.2) is 4.79 Å². The highest BCUT2D eigenvalue weighted by molar-refractivity contribution is 5.93. The predicted molar refractivity (Wildman–Crippen MR) is 90.6 cm³/mol. The first-order valence-electron chi connectivity index (χ1n) is 8.32. The molecule has 1 saturated carbocycles. The second-order valence-electron chi connectivity index (χ2n) is 6.24. The lowest BCUT2D eigenvalue weighted by atomic mass is 10.2. The van der Waals surface area contributed by atoms with Crippen molar-refractivity contribution in [1.82, 2.24) is 5.32 Å². The lowest BCUT2D eigenvalue weighted by Gasteiger charge is -2.13. The van der Waals surface area contributed by atoms with E-state index in [2.05, 4.69) is 10.6 Å². The van der Waals surface area contributed by atoms with Crippen molar-refractivity contribution in [3.63, 3.8) is 0 Å². The fraction of sp³-hybridized carbons (Fsp3) is 0.500. The normalized spacial score (nSPS) is 15.6. The molecule has 0 bridgehead atoms. The van der Waals surface area contributed by atoms with E-state index in [9.17, 15) is 14.4 Å². The molecule has 1 aromatic rings. The minimum absolute atomic E-state index is 0.0344. The quantitative estimate of drug-likeness (QED) is 0.784. The van der Waals surface area contributed by atoms with Gasteiger partial charge in [-0.2, -0.15) is 0 Å². The molecule has 1 fully saturated rings. The fourth-order valence-corrected chi connectivity index (χ4v) is 2.80. The number of carbonyl (C=O) groups excluding carboxylic acids is 3.